The standard InChI is InChI=1S/C9H12N4/c1-9(2-3-9)7-12-13-8-6-10-4-5-11-8/h4-7H,2-3H2,1H3,(H,11,13)/b12-7+. The number of aromatic nitrogens is 2. The molecule has 2 rings (SSSR count). The molecule has 1 aromatic heterocycles. The summed E-state index contributed by atoms with van der Waals surface area (Å²) in [6, 6.07) is 0. The summed E-state index contributed by atoms with van der Waals surface area (Å²) in [6.45, 7) is 2.19. The third-order valence-electron chi connectivity index (χ3n) is 2.16. The largest absolute Gasteiger partial charge is 0.260 e. The molecule has 13 heavy (non-hydrogen) atoms. The van der Waals surface area contributed by atoms with Crippen LogP contribution in [0.3, 0.4) is 0 Å². The average Bonchev–Trinajstić information content (AvgIpc) is 2.86. The molecular formula is C9H12N4. The summed E-state index contributed by atoms with van der Waals surface area (Å²) >= 11 is 0. The molecular weight excluding hydrogens is 164 g/mol. The van der Waals surface area contributed by atoms with Gasteiger partial charge in [-0.05, 0) is 12.8 Å². The van der Waals surface area contributed by atoms with Gasteiger partial charge in [-0.3, -0.25) is 10.4 Å². The molecule has 1 saturated carbocycles. The summed E-state index contributed by atoms with van der Waals surface area (Å²) < 4.78 is 0. The lowest BCUT2D eigenvalue weighted by Crippen LogP contribution is -1.98. The van der Waals surface area contributed by atoms with E-state index in [0.717, 1.165) is 0 Å². The lowest BCUT2D eigenvalue weighted by molar-refractivity contribution is 0.823. The minimum Gasteiger partial charge on any atom is -0.260 e. The quantitative estimate of drug-likeness (QED) is 0.563. The van der Waals surface area contributed by atoms with Crippen LogP contribution in [0.1, 0.15) is 19.8 Å². The van der Waals surface area contributed by atoms with Gasteiger partial charge in [-0.25, -0.2) is 4.98 Å². The SMILES string of the molecule is CC1(/C=N/Nc2cnccn2)CC1. The molecule has 1 N–H and O–H groups in total. The lowest BCUT2D eigenvalue weighted by Gasteiger charge is -1.99. The molecule has 4 heteroatoms. The van der Waals surface area contributed by atoms with Gasteiger partial charge in [0, 0.05) is 24.0 Å². The van der Waals surface area contributed by atoms with Gasteiger partial charge < -0.3 is 0 Å². The number of nitrogens with one attached hydrogen (secondary N) is 1. The minimum absolute atomic E-state index is 0.329. The van der Waals surface area contributed by atoms with E-state index >= 15 is 0 Å². The van der Waals surface area contributed by atoms with Crippen LogP contribution in [0.5, 0.6) is 0 Å². The Labute approximate surface area is 77.1 Å². The van der Waals surface area contributed by atoms with Crippen molar-refractivity contribution in [1.29, 1.82) is 0 Å². The fourth-order valence-electron chi connectivity index (χ4n) is 0.937. The van der Waals surface area contributed by atoms with E-state index in [1.807, 2.05) is 6.21 Å². The zero-order chi connectivity index (χ0) is 9.15. The van der Waals surface area contributed by atoms with E-state index in [9.17, 15) is 0 Å². The predicted molar refractivity (Wildman–Crippen MR) is 51.5 cm³/mol. The van der Waals surface area contributed by atoms with Crippen molar-refractivity contribution in [1.82, 2.24) is 9.97 Å². The molecule has 0 atom stereocenters. The first kappa shape index (κ1) is 8.16. The Bertz CT molecular complexity index is 303. The Hall–Kier alpha value is -1.45. The second-order valence-corrected chi connectivity index (χ2v) is 3.61. The van der Waals surface area contributed by atoms with E-state index in [-0.39, 0.29) is 0 Å². The van der Waals surface area contributed by atoms with Crippen molar-refractivity contribution >= 4 is 12.0 Å². The number of nitrogens with zero attached hydrogens (tertiary/aromatic N) is 3. The van der Waals surface area contributed by atoms with Gasteiger partial charge in [0.15, 0.2) is 5.82 Å². The second-order valence-electron chi connectivity index (χ2n) is 3.61. The normalized spacial score (nSPS) is 18.8. The molecule has 68 valence electrons. The van der Waals surface area contributed by atoms with Gasteiger partial charge in [0.1, 0.15) is 0 Å². The fourth-order valence-corrected chi connectivity index (χ4v) is 0.937. The highest BCUT2D eigenvalue weighted by Crippen LogP contribution is 2.42. The zero-order valence-corrected chi connectivity index (χ0v) is 7.57. The molecule has 0 unspecified atom stereocenters. The molecule has 0 saturated heterocycles. The maximum absolute atomic E-state index is 4.10. The van der Waals surface area contributed by atoms with Gasteiger partial charge in [-0.1, -0.05) is 6.92 Å². The third kappa shape index (κ3) is 2.24. The highest BCUT2D eigenvalue weighted by molar-refractivity contribution is 5.69. The molecule has 1 aromatic rings. The molecule has 0 bridgehead atoms. The van der Waals surface area contributed by atoms with Gasteiger partial charge >= 0.3 is 0 Å². The first-order valence-electron chi connectivity index (χ1n) is 4.35. The number of hydrogen-bond donors (Lipinski definition) is 1. The van der Waals surface area contributed by atoms with E-state index < -0.39 is 0 Å². The summed E-state index contributed by atoms with van der Waals surface area (Å²) in [7, 11) is 0. The molecule has 0 aliphatic heterocycles. The molecule has 1 heterocycles. The molecule has 0 radical (unpaired) electrons. The smallest absolute Gasteiger partial charge is 0.164 e. The van der Waals surface area contributed by atoms with Crippen LogP contribution in [-0.2, 0) is 0 Å². The van der Waals surface area contributed by atoms with Crippen LogP contribution in [-0.4, -0.2) is 16.2 Å². The van der Waals surface area contributed by atoms with Crippen molar-refractivity contribution in [2.45, 2.75) is 19.8 Å². The highest BCUT2D eigenvalue weighted by Gasteiger charge is 2.35. The van der Waals surface area contributed by atoms with Crippen LogP contribution in [0.25, 0.3) is 0 Å². The fraction of sp³-hybridized carbons (Fsp3) is 0.444. The van der Waals surface area contributed by atoms with Crippen LogP contribution >= 0.6 is 0 Å². The van der Waals surface area contributed by atoms with Gasteiger partial charge in [-0.15, -0.1) is 0 Å². The Balaban J connectivity index is 1.89. The van der Waals surface area contributed by atoms with Gasteiger partial charge in [0.25, 0.3) is 0 Å². The van der Waals surface area contributed by atoms with Crippen LogP contribution in [0.4, 0.5) is 5.82 Å². The molecule has 1 aliphatic carbocycles. The molecule has 1 fully saturated rings. The average molecular weight is 176 g/mol. The summed E-state index contributed by atoms with van der Waals surface area (Å²) in [6.07, 6.45) is 9.33. The number of hydrazone groups is 1. The van der Waals surface area contributed by atoms with Crippen LogP contribution in [0.2, 0.25) is 0 Å². The highest BCUT2D eigenvalue weighted by atomic mass is 15.3. The Morgan fingerprint density at radius 1 is 1.54 bits per heavy atom. The maximum atomic E-state index is 4.10. The number of anilines is 1. The van der Waals surface area contributed by atoms with Crippen LogP contribution in [0, 0.1) is 5.41 Å². The Kier molecular flexibility index (Phi) is 1.96. The van der Waals surface area contributed by atoms with Crippen molar-refractivity contribution in [3.63, 3.8) is 0 Å². The lowest BCUT2D eigenvalue weighted by atomic mass is 10.2. The first-order valence-corrected chi connectivity index (χ1v) is 4.35. The van der Waals surface area contributed by atoms with Crippen molar-refractivity contribution in [3.05, 3.63) is 18.6 Å². The molecule has 4 nitrogen and oxygen atoms in total. The van der Waals surface area contributed by atoms with E-state index in [2.05, 4.69) is 27.4 Å². The third-order valence-corrected chi connectivity index (χ3v) is 2.16. The minimum atomic E-state index is 0.329. The molecule has 0 aromatic carbocycles. The van der Waals surface area contributed by atoms with Crippen LogP contribution in [0.15, 0.2) is 23.7 Å². The van der Waals surface area contributed by atoms with Gasteiger partial charge in [0.05, 0.1) is 6.20 Å². The summed E-state index contributed by atoms with van der Waals surface area (Å²) in [5, 5.41) is 4.10. The molecule has 0 amide bonds. The van der Waals surface area contributed by atoms with E-state index in [1.54, 1.807) is 18.6 Å². The van der Waals surface area contributed by atoms with Crippen molar-refractivity contribution in [2.24, 2.45) is 10.5 Å². The summed E-state index contributed by atoms with van der Waals surface area (Å²) in [4.78, 5) is 7.95. The van der Waals surface area contributed by atoms with Crippen LogP contribution < -0.4 is 5.43 Å². The summed E-state index contributed by atoms with van der Waals surface area (Å²) in [5.74, 6) is 0.683. The number of hydrogen-bond acceptors (Lipinski definition) is 4. The molecule has 0 spiro atoms. The van der Waals surface area contributed by atoms with Gasteiger partial charge in [-0.2, -0.15) is 5.10 Å². The van der Waals surface area contributed by atoms with Crippen molar-refractivity contribution in [3.8, 4) is 0 Å². The van der Waals surface area contributed by atoms with E-state index in [0.29, 0.717) is 11.2 Å². The van der Waals surface area contributed by atoms with Crippen molar-refractivity contribution in [2.75, 3.05) is 5.43 Å². The number of rotatable bonds is 3. The Morgan fingerprint density at radius 3 is 3.00 bits per heavy atom. The van der Waals surface area contributed by atoms with E-state index in [1.165, 1.54) is 12.8 Å². The Morgan fingerprint density at radius 2 is 2.38 bits per heavy atom. The maximum Gasteiger partial charge on any atom is 0.164 e. The van der Waals surface area contributed by atoms with Gasteiger partial charge in [0.2, 0.25) is 0 Å². The topological polar surface area (TPSA) is 50.2 Å². The zero-order valence-electron chi connectivity index (χ0n) is 7.57. The predicted octanol–water partition coefficient (Wildman–Crippen LogP) is 1.67. The summed E-state index contributed by atoms with van der Waals surface area (Å²) in [5.41, 5.74) is 3.17. The molecule has 1 aliphatic rings. The van der Waals surface area contributed by atoms with Crippen molar-refractivity contribution < 1.29 is 0 Å². The van der Waals surface area contributed by atoms with E-state index in [4.69, 9.17) is 0 Å². The first-order chi connectivity index (χ1) is 6.29. The monoisotopic (exact) mass is 176 g/mol. The second kappa shape index (κ2) is 3.12.